The Bertz CT molecular complexity index is 470. The van der Waals surface area contributed by atoms with Gasteiger partial charge in [0.1, 0.15) is 5.82 Å². The first-order valence-electron chi connectivity index (χ1n) is 5.52. The van der Waals surface area contributed by atoms with Crippen LogP contribution in [0.15, 0.2) is 42.9 Å². The number of anilines is 1. The first kappa shape index (κ1) is 11.5. The monoisotopic (exact) mass is 228 g/mol. The number of aromatic nitrogens is 2. The van der Waals surface area contributed by atoms with Crippen molar-refractivity contribution in [1.29, 1.82) is 0 Å². The molecule has 2 N–H and O–H groups in total. The third-order valence-electron chi connectivity index (χ3n) is 2.54. The van der Waals surface area contributed by atoms with E-state index in [0.717, 1.165) is 18.7 Å². The minimum absolute atomic E-state index is 0.602. The molecule has 0 bridgehead atoms. The topological polar surface area (TPSA) is 55.0 Å². The van der Waals surface area contributed by atoms with Crippen molar-refractivity contribution in [2.75, 3.05) is 12.8 Å². The maximum absolute atomic E-state index is 5.81. The van der Waals surface area contributed by atoms with Gasteiger partial charge in [-0.1, -0.05) is 12.1 Å². The second-order valence-electron chi connectivity index (χ2n) is 4.08. The quantitative estimate of drug-likeness (QED) is 0.865. The fraction of sp³-hybridized carbons (Fsp3) is 0.231. The van der Waals surface area contributed by atoms with Gasteiger partial charge in [0.25, 0.3) is 0 Å². The van der Waals surface area contributed by atoms with Crippen LogP contribution in [0.5, 0.6) is 0 Å². The van der Waals surface area contributed by atoms with Crippen molar-refractivity contribution in [2.24, 2.45) is 0 Å². The molecular formula is C13H16N4. The van der Waals surface area contributed by atoms with Gasteiger partial charge >= 0.3 is 0 Å². The molecule has 0 aliphatic heterocycles. The molecule has 88 valence electrons. The summed E-state index contributed by atoms with van der Waals surface area (Å²) in [5.74, 6) is 0.602. The molecule has 4 heteroatoms. The van der Waals surface area contributed by atoms with Gasteiger partial charge in [-0.3, -0.25) is 9.88 Å². The average Bonchev–Trinajstić information content (AvgIpc) is 2.33. The molecule has 2 aromatic heterocycles. The van der Waals surface area contributed by atoms with Crippen molar-refractivity contribution in [2.45, 2.75) is 13.1 Å². The fourth-order valence-electron chi connectivity index (χ4n) is 1.73. The van der Waals surface area contributed by atoms with Gasteiger partial charge in [-0.25, -0.2) is 4.98 Å². The standard InChI is InChI=1S/C13H16N4/c1-17(9-11-4-2-6-15-8-11)10-12-5-3-7-16-13(12)14/h2-8H,9-10H2,1H3,(H2,14,16). The summed E-state index contributed by atoms with van der Waals surface area (Å²) >= 11 is 0. The molecular weight excluding hydrogens is 212 g/mol. The van der Waals surface area contributed by atoms with Gasteiger partial charge in [-0.05, 0) is 24.7 Å². The summed E-state index contributed by atoms with van der Waals surface area (Å²) in [6.45, 7) is 1.64. The maximum Gasteiger partial charge on any atom is 0.127 e. The van der Waals surface area contributed by atoms with E-state index in [4.69, 9.17) is 5.73 Å². The van der Waals surface area contributed by atoms with Gasteiger partial charge < -0.3 is 5.73 Å². The predicted molar refractivity (Wildman–Crippen MR) is 68.1 cm³/mol. The zero-order chi connectivity index (χ0) is 12.1. The summed E-state index contributed by atoms with van der Waals surface area (Å²) in [6.07, 6.45) is 5.37. The normalized spacial score (nSPS) is 10.7. The Morgan fingerprint density at radius 2 is 2.00 bits per heavy atom. The van der Waals surface area contributed by atoms with Crippen molar-refractivity contribution in [3.63, 3.8) is 0 Å². The second-order valence-corrected chi connectivity index (χ2v) is 4.08. The molecule has 2 rings (SSSR count). The Labute approximate surface area is 101 Å². The highest BCUT2D eigenvalue weighted by molar-refractivity contribution is 5.38. The first-order valence-corrected chi connectivity index (χ1v) is 5.52. The minimum Gasteiger partial charge on any atom is -0.383 e. The Kier molecular flexibility index (Phi) is 3.67. The van der Waals surface area contributed by atoms with Gasteiger partial charge in [0.05, 0.1) is 0 Å². The van der Waals surface area contributed by atoms with Gasteiger partial charge in [0.2, 0.25) is 0 Å². The van der Waals surface area contributed by atoms with E-state index in [9.17, 15) is 0 Å². The van der Waals surface area contributed by atoms with E-state index in [1.807, 2.05) is 24.4 Å². The maximum atomic E-state index is 5.81. The fourth-order valence-corrected chi connectivity index (χ4v) is 1.73. The van der Waals surface area contributed by atoms with E-state index in [1.54, 1.807) is 12.4 Å². The van der Waals surface area contributed by atoms with Gasteiger partial charge in [-0.15, -0.1) is 0 Å². The highest BCUT2D eigenvalue weighted by Gasteiger charge is 2.04. The Hall–Kier alpha value is -1.94. The summed E-state index contributed by atoms with van der Waals surface area (Å²) in [4.78, 5) is 10.4. The highest BCUT2D eigenvalue weighted by Crippen LogP contribution is 2.11. The summed E-state index contributed by atoms with van der Waals surface area (Å²) in [6, 6.07) is 7.92. The number of nitrogens with zero attached hydrogens (tertiary/aromatic N) is 3. The lowest BCUT2D eigenvalue weighted by Gasteiger charge is -2.17. The van der Waals surface area contributed by atoms with E-state index < -0.39 is 0 Å². The molecule has 0 unspecified atom stereocenters. The highest BCUT2D eigenvalue weighted by atomic mass is 15.1. The van der Waals surface area contributed by atoms with Gasteiger partial charge in [0.15, 0.2) is 0 Å². The van der Waals surface area contributed by atoms with E-state index in [1.165, 1.54) is 5.56 Å². The molecule has 0 aliphatic carbocycles. The Morgan fingerprint density at radius 1 is 1.18 bits per heavy atom. The molecule has 2 heterocycles. The number of hydrogen-bond donors (Lipinski definition) is 1. The van der Waals surface area contributed by atoms with Crippen molar-refractivity contribution < 1.29 is 0 Å². The number of nitrogen functional groups attached to an aromatic ring is 1. The van der Waals surface area contributed by atoms with Gasteiger partial charge in [-0.2, -0.15) is 0 Å². The van der Waals surface area contributed by atoms with Crippen LogP contribution in [0.1, 0.15) is 11.1 Å². The Morgan fingerprint density at radius 3 is 2.71 bits per heavy atom. The van der Waals surface area contributed by atoms with E-state index >= 15 is 0 Å². The van der Waals surface area contributed by atoms with Crippen molar-refractivity contribution >= 4 is 5.82 Å². The number of nitrogens with two attached hydrogens (primary N) is 1. The summed E-state index contributed by atoms with van der Waals surface area (Å²) in [5, 5.41) is 0. The molecule has 0 saturated carbocycles. The smallest absolute Gasteiger partial charge is 0.127 e. The molecule has 0 fully saturated rings. The van der Waals surface area contributed by atoms with Crippen molar-refractivity contribution in [1.82, 2.24) is 14.9 Å². The van der Waals surface area contributed by atoms with E-state index in [-0.39, 0.29) is 0 Å². The predicted octanol–water partition coefficient (Wildman–Crippen LogP) is 1.69. The summed E-state index contributed by atoms with van der Waals surface area (Å²) in [5.41, 5.74) is 8.06. The van der Waals surface area contributed by atoms with E-state index in [0.29, 0.717) is 5.82 Å². The second kappa shape index (κ2) is 5.41. The van der Waals surface area contributed by atoms with Gasteiger partial charge in [0, 0.05) is 37.2 Å². The van der Waals surface area contributed by atoms with Crippen LogP contribution in [-0.2, 0) is 13.1 Å². The lowest BCUT2D eigenvalue weighted by molar-refractivity contribution is 0.319. The van der Waals surface area contributed by atoms with Crippen LogP contribution in [-0.4, -0.2) is 21.9 Å². The van der Waals surface area contributed by atoms with Crippen LogP contribution in [0.2, 0.25) is 0 Å². The zero-order valence-corrected chi connectivity index (χ0v) is 9.87. The van der Waals surface area contributed by atoms with Crippen molar-refractivity contribution in [3.8, 4) is 0 Å². The third-order valence-corrected chi connectivity index (χ3v) is 2.54. The number of hydrogen-bond acceptors (Lipinski definition) is 4. The summed E-state index contributed by atoms with van der Waals surface area (Å²) in [7, 11) is 2.06. The largest absolute Gasteiger partial charge is 0.383 e. The first-order chi connectivity index (χ1) is 8.25. The van der Waals surface area contributed by atoms with Crippen LogP contribution in [0.3, 0.4) is 0 Å². The average molecular weight is 228 g/mol. The molecule has 0 saturated heterocycles. The van der Waals surface area contributed by atoms with Crippen molar-refractivity contribution in [3.05, 3.63) is 54.0 Å². The summed E-state index contributed by atoms with van der Waals surface area (Å²) < 4.78 is 0. The lowest BCUT2D eigenvalue weighted by atomic mass is 10.2. The molecule has 0 amide bonds. The van der Waals surface area contributed by atoms with Crippen LogP contribution >= 0.6 is 0 Å². The molecule has 4 nitrogen and oxygen atoms in total. The molecule has 0 radical (unpaired) electrons. The SMILES string of the molecule is CN(Cc1cccnc1)Cc1cccnc1N. The lowest BCUT2D eigenvalue weighted by Crippen LogP contribution is -2.18. The van der Waals surface area contributed by atoms with Crippen LogP contribution in [0.4, 0.5) is 5.82 Å². The van der Waals surface area contributed by atoms with E-state index in [2.05, 4.69) is 28.0 Å². The molecule has 0 aliphatic rings. The number of rotatable bonds is 4. The third kappa shape index (κ3) is 3.26. The van der Waals surface area contributed by atoms with Crippen LogP contribution in [0.25, 0.3) is 0 Å². The number of pyridine rings is 2. The molecule has 0 atom stereocenters. The molecule has 0 aromatic carbocycles. The molecule has 2 aromatic rings. The molecule has 0 spiro atoms. The zero-order valence-electron chi connectivity index (χ0n) is 9.87. The molecule has 17 heavy (non-hydrogen) atoms. The van der Waals surface area contributed by atoms with Crippen LogP contribution in [0, 0.1) is 0 Å². The minimum atomic E-state index is 0.602. The van der Waals surface area contributed by atoms with Crippen LogP contribution < -0.4 is 5.73 Å². The Balaban J connectivity index is 1.98.